The summed E-state index contributed by atoms with van der Waals surface area (Å²) in [5.41, 5.74) is 2.91. The van der Waals surface area contributed by atoms with Crippen LogP contribution in [0, 0.1) is 0 Å². The standard InChI is InChI=1S/C22H26ClN3O/c1-3-9-20(22(27)24-14-4-2)26-19-13-8-7-12-18(19)25-21(26)15-16-10-5-6-11-17(16)23/h5-8,10-13,20H,3-4,9,14-15H2,1-2H3,(H,24,27). The normalized spacial score (nSPS) is 12.3. The summed E-state index contributed by atoms with van der Waals surface area (Å²) in [4.78, 5) is 17.8. The van der Waals surface area contributed by atoms with Gasteiger partial charge in [-0.1, -0.05) is 62.2 Å². The second-order valence-electron chi connectivity index (χ2n) is 6.75. The zero-order valence-electron chi connectivity index (χ0n) is 15.9. The summed E-state index contributed by atoms with van der Waals surface area (Å²) in [6.07, 6.45) is 3.20. The number of hydrogen-bond donors (Lipinski definition) is 1. The Morgan fingerprint density at radius 1 is 1.11 bits per heavy atom. The van der Waals surface area contributed by atoms with Crippen molar-refractivity contribution in [2.75, 3.05) is 6.54 Å². The molecule has 0 bridgehead atoms. The maximum Gasteiger partial charge on any atom is 0.243 e. The molecule has 0 saturated carbocycles. The first-order valence-corrected chi connectivity index (χ1v) is 10.0. The minimum Gasteiger partial charge on any atom is -0.354 e. The summed E-state index contributed by atoms with van der Waals surface area (Å²) in [6.45, 7) is 4.85. The van der Waals surface area contributed by atoms with Gasteiger partial charge in [-0.25, -0.2) is 4.98 Å². The summed E-state index contributed by atoms with van der Waals surface area (Å²) in [6, 6.07) is 15.5. The van der Waals surface area contributed by atoms with Crippen molar-refractivity contribution in [1.29, 1.82) is 0 Å². The minimum atomic E-state index is -0.272. The van der Waals surface area contributed by atoms with Gasteiger partial charge in [0.05, 0.1) is 11.0 Å². The number of benzene rings is 2. The van der Waals surface area contributed by atoms with Gasteiger partial charge in [0, 0.05) is 18.0 Å². The number of imidazole rings is 1. The number of hydrogen-bond acceptors (Lipinski definition) is 2. The maximum atomic E-state index is 12.9. The molecule has 0 radical (unpaired) electrons. The van der Waals surface area contributed by atoms with Crippen LogP contribution in [-0.2, 0) is 11.2 Å². The molecule has 0 saturated heterocycles. The molecular formula is C22H26ClN3O. The molecule has 1 atom stereocenters. The fourth-order valence-electron chi connectivity index (χ4n) is 3.40. The van der Waals surface area contributed by atoms with E-state index in [2.05, 4.69) is 23.7 Å². The van der Waals surface area contributed by atoms with Gasteiger partial charge in [-0.05, 0) is 36.6 Å². The molecule has 1 amide bonds. The lowest BCUT2D eigenvalue weighted by Crippen LogP contribution is -2.33. The average molecular weight is 384 g/mol. The van der Waals surface area contributed by atoms with Crippen molar-refractivity contribution < 1.29 is 4.79 Å². The monoisotopic (exact) mass is 383 g/mol. The molecule has 3 aromatic rings. The van der Waals surface area contributed by atoms with Gasteiger partial charge in [0.1, 0.15) is 11.9 Å². The third-order valence-corrected chi connectivity index (χ3v) is 5.07. The Labute approximate surface area is 165 Å². The van der Waals surface area contributed by atoms with Crippen molar-refractivity contribution >= 4 is 28.5 Å². The highest BCUT2D eigenvalue weighted by Gasteiger charge is 2.25. The quantitative estimate of drug-likeness (QED) is 0.584. The molecule has 1 aromatic heterocycles. The van der Waals surface area contributed by atoms with Crippen LogP contribution in [0.3, 0.4) is 0 Å². The molecule has 0 fully saturated rings. The lowest BCUT2D eigenvalue weighted by Gasteiger charge is -2.21. The van der Waals surface area contributed by atoms with Gasteiger partial charge in [0.25, 0.3) is 0 Å². The molecule has 0 spiro atoms. The fourth-order valence-corrected chi connectivity index (χ4v) is 3.60. The molecule has 5 heteroatoms. The number of aromatic nitrogens is 2. The maximum absolute atomic E-state index is 12.9. The largest absolute Gasteiger partial charge is 0.354 e. The molecule has 1 unspecified atom stereocenters. The predicted octanol–water partition coefficient (Wildman–Crippen LogP) is 5.15. The second kappa shape index (κ2) is 9.05. The molecule has 0 aliphatic carbocycles. The predicted molar refractivity (Wildman–Crippen MR) is 111 cm³/mol. The van der Waals surface area contributed by atoms with Gasteiger partial charge in [-0.15, -0.1) is 0 Å². The highest BCUT2D eigenvalue weighted by atomic mass is 35.5. The second-order valence-corrected chi connectivity index (χ2v) is 7.16. The Kier molecular flexibility index (Phi) is 6.51. The lowest BCUT2D eigenvalue weighted by atomic mass is 10.1. The van der Waals surface area contributed by atoms with Gasteiger partial charge in [0.2, 0.25) is 5.91 Å². The summed E-state index contributed by atoms with van der Waals surface area (Å²) in [5.74, 6) is 0.927. The van der Waals surface area contributed by atoms with E-state index in [0.717, 1.165) is 46.7 Å². The first-order valence-electron chi connectivity index (χ1n) is 9.62. The summed E-state index contributed by atoms with van der Waals surface area (Å²) in [7, 11) is 0. The van der Waals surface area contributed by atoms with Gasteiger partial charge in [0.15, 0.2) is 0 Å². The van der Waals surface area contributed by atoms with Crippen LogP contribution >= 0.6 is 11.6 Å². The zero-order valence-corrected chi connectivity index (χ0v) is 16.7. The Bertz CT molecular complexity index is 919. The molecular weight excluding hydrogens is 358 g/mol. The number of para-hydroxylation sites is 2. The summed E-state index contributed by atoms with van der Waals surface area (Å²) < 4.78 is 2.10. The molecule has 0 aliphatic rings. The Balaban J connectivity index is 2.08. The van der Waals surface area contributed by atoms with E-state index in [-0.39, 0.29) is 11.9 Å². The number of rotatable bonds is 8. The SMILES string of the molecule is CCCNC(=O)C(CCC)n1c(Cc2ccccc2Cl)nc2ccccc21. The number of amides is 1. The number of fused-ring (bicyclic) bond motifs is 1. The zero-order chi connectivity index (χ0) is 19.2. The molecule has 3 rings (SSSR count). The summed E-state index contributed by atoms with van der Waals surface area (Å²) >= 11 is 6.38. The Morgan fingerprint density at radius 3 is 2.59 bits per heavy atom. The third kappa shape index (κ3) is 4.33. The van der Waals surface area contributed by atoms with Crippen LogP contribution < -0.4 is 5.32 Å². The number of carbonyl (C=O) groups is 1. The van der Waals surface area contributed by atoms with E-state index in [1.165, 1.54) is 0 Å². The van der Waals surface area contributed by atoms with E-state index in [1.807, 2.05) is 48.5 Å². The Morgan fingerprint density at radius 2 is 1.85 bits per heavy atom. The molecule has 0 aliphatic heterocycles. The molecule has 1 heterocycles. The smallest absolute Gasteiger partial charge is 0.243 e. The van der Waals surface area contributed by atoms with Crippen LogP contribution in [0.5, 0.6) is 0 Å². The highest BCUT2D eigenvalue weighted by molar-refractivity contribution is 6.31. The van der Waals surface area contributed by atoms with E-state index in [1.54, 1.807) is 0 Å². The molecule has 27 heavy (non-hydrogen) atoms. The molecule has 2 aromatic carbocycles. The molecule has 142 valence electrons. The third-order valence-electron chi connectivity index (χ3n) is 4.70. The fraction of sp³-hybridized carbons (Fsp3) is 0.364. The van der Waals surface area contributed by atoms with E-state index < -0.39 is 0 Å². The lowest BCUT2D eigenvalue weighted by molar-refractivity contribution is -0.124. The Hall–Kier alpha value is -2.33. The number of nitrogens with zero attached hydrogens (tertiary/aromatic N) is 2. The van der Waals surface area contributed by atoms with Crippen LogP contribution in [0.15, 0.2) is 48.5 Å². The highest BCUT2D eigenvalue weighted by Crippen LogP contribution is 2.27. The number of halogens is 1. The summed E-state index contributed by atoms with van der Waals surface area (Å²) in [5, 5.41) is 3.78. The molecule has 1 N–H and O–H groups in total. The van der Waals surface area contributed by atoms with E-state index >= 15 is 0 Å². The topological polar surface area (TPSA) is 46.9 Å². The van der Waals surface area contributed by atoms with Crippen LogP contribution in [0.1, 0.15) is 50.5 Å². The van der Waals surface area contributed by atoms with Crippen molar-refractivity contribution in [1.82, 2.24) is 14.9 Å². The van der Waals surface area contributed by atoms with Crippen molar-refractivity contribution in [3.63, 3.8) is 0 Å². The van der Waals surface area contributed by atoms with Crippen LogP contribution in [-0.4, -0.2) is 22.0 Å². The number of carbonyl (C=O) groups excluding carboxylic acids is 1. The van der Waals surface area contributed by atoms with E-state index in [9.17, 15) is 4.79 Å². The first-order chi connectivity index (χ1) is 13.2. The van der Waals surface area contributed by atoms with E-state index in [4.69, 9.17) is 16.6 Å². The van der Waals surface area contributed by atoms with Crippen molar-refractivity contribution in [2.45, 2.75) is 45.6 Å². The van der Waals surface area contributed by atoms with Crippen molar-refractivity contribution in [3.8, 4) is 0 Å². The van der Waals surface area contributed by atoms with Gasteiger partial charge in [-0.2, -0.15) is 0 Å². The van der Waals surface area contributed by atoms with Crippen molar-refractivity contribution in [2.24, 2.45) is 0 Å². The van der Waals surface area contributed by atoms with Crippen LogP contribution in [0.2, 0.25) is 5.02 Å². The van der Waals surface area contributed by atoms with Gasteiger partial charge >= 0.3 is 0 Å². The van der Waals surface area contributed by atoms with Gasteiger partial charge in [-0.3, -0.25) is 4.79 Å². The van der Waals surface area contributed by atoms with Crippen molar-refractivity contribution in [3.05, 3.63) is 64.9 Å². The van der Waals surface area contributed by atoms with Gasteiger partial charge < -0.3 is 9.88 Å². The van der Waals surface area contributed by atoms with E-state index in [0.29, 0.717) is 13.0 Å². The minimum absolute atomic E-state index is 0.0576. The first kappa shape index (κ1) is 19.4. The number of nitrogens with one attached hydrogen (secondary N) is 1. The average Bonchev–Trinajstić information content (AvgIpc) is 3.03. The molecule has 4 nitrogen and oxygen atoms in total. The van der Waals surface area contributed by atoms with Crippen LogP contribution in [0.25, 0.3) is 11.0 Å². The van der Waals surface area contributed by atoms with Crippen LogP contribution in [0.4, 0.5) is 0 Å².